The molecule has 2 aromatic rings. The molecular formula is C36H41BrN4O5. The number of rotatable bonds is 12. The van der Waals surface area contributed by atoms with Gasteiger partial charge in [-0.2, -0.15) is 0 Å². The molecule has 2 aromatic carbocycles. The number of likely N-dealkylation sites (tertiary alicyclic amines) is 1. The minimum Gasteiger partial charge on any atom is -0.357 e. The highest BCUT2D eigenvalue weighted by Crippen LogP contribution is 2.32. The van der Waals surface area contributed by atoms with Crippen LogP contribution in [0.1, 0.15) is 64.8 Å². The van der Waals surface area contributed by atoms with Crippen molar-refractivity contribution >= 4 is 45.5 Å². The molecule has 10 heteroatoms. The van der Waals surface area contributed by atoms with E-state index in [9.17, 15) is 24.0 Å². The van der Waals surface area contributed by atoms with Gasteiger partial charge in [-0.15, -0.1) is 0 Å². The van der Waals surface area contributed by atoms with E-state index in [1.165, 1.54) is 4.90 Å². The Morgan fingerprint density at radius 2 is 1.63 bits per heavy atom. The topological polar surface area (TPSA) is 116 Å². The van der Waals surface area contributed by atoms with Crippen molar-refractivity contribution in [1.29, 1.82) is 0 Å². The van der Waals surface area contributed by atoms with Gasteiger partial charge in [0.15, 0.2) is 0 Å². The van der Waals surface area contributed by atoms with Crippen LogP contribution in [0.5, 0.6) is 0 Å². The smallest absolute Gasteiger partial charge is 0.261 e. The molecule has 5 amide bonds. The maximum Gasteiger partial charge on any atom is 0.261 e. The Bertz CT molecular complexity index is 1470. The fourth-order valence-corrected chi connectivity index (χ4v) is 7.14. The molecule has 242 valence electrons. The zero-order chi connectivity index (χ0) is 32.6. The molecule has 0 aromatic heterocycles. The van der Waals surface area contributed by atoms with Crippen LogP contribution in [0.15, 0.2) is 78.9 Å². The summed E-state index contributed by atoms with van der Waals surface area (Å²) in [5.74, 6) is -0.963. The highest BCUT2D eigenvalue weighted by atomic mass is 79.9. The maximum absolute atomic E-state index is 14.2. The van der Waals surface area contributed by atoms with Crippen LogP contribution in [0.3, 0.4) is 0 Å². The van der Waals surface area contributed by atoms with E-state index >= 15 is 0 Å². The molecule has 1 fully saturated rings. The number of benzene rings is 2. The second-order valence-corrected chi connectivity index (χ2v) is 13.3. The van der Waals surface area contributed by atoms with Gasteiger partial charge in [-0.1, -0.05) is 89.1 Å². The van der Waals surface area contributed by atoms with Crippen molar-refractivity contribution < 1.29 is 24.0 Å². The Labute approximate surface area is 278 Å². The van der Waals surface area contributed by atoms with Gasteiger partial charge in [0.2, 0.25) is 17.7 Å². The number of alkyl halides is 1. The van der Waals surface area contributed by atoms with E-state index < -0.39 is 16.9 Å². The summed E-state index contributed by atoms with van der Waals surface area (Å²) in [4.78, 5) is 68.5. The molecule has 0 radical (unpaired) electrons. The molecule has 1 saturated heterocycles. The lowest BCUT2D eigenvalue weighted by atomic mass is 9.81. The molecule has 3 aliphatic rings. The molecule has 46 heavy (non-hydrogen) atoms. The van der Waals surface area contributed by atoms with E-state index in [2.05, 4.69) is 38.7 Å². The Hall–Kier alpha value is -4.05. The van der Waals surface area contributed by atoms with Crippen molar-refractivity contribution in [3.05, 3.63) is 95.6 Å². The molecular weight excluding hydrogens is 648 g/mol. The summed E-state index contributed by atoms with van der Waals surface area (Å²) >= 11 is 3.52. The number of nitrogens with zero attached hydrogens (tertiary/aromatic N) is 2. The lowest BCUT2D eigenvalue weighted by molar-refractivity contribution is -0.142. The van der Waals surface area contributed by atoms with Crippen LogP contribution < -0.4 is 10.6 Å². The van der Waals surface area contributed by atoms with Crippen molar-refractivity contribution in [1.82, 2.24) is 20.4 Å². The van der Waals surface area contributed by atoms with E-state index in [4.69, 9.17) is 0 Å². The third-order valence-electron chi connectivity index (χ3n) is 9.25. The number of hydrogen-bond acceptors (Lipinski definition) is 5. The average Bonchev–Trinajstić information content (AvgIpc) is 3.21. The molecule has 2 N–H and O–H groups in total. The van der Waals surface area contributed by atoms with Gasteiger partial charge in [-0.3, -0.25) is 28.9 Å². The lowest BCUT2D eigenvalue weighted by Crippen LogP contribution is -2.56. The molecule has 0 bridgehead atoms. The number of unbranched alkanes of at least 4 members (excludes halogenated alkanes) is 1. The first kappa shape index (κ1) is 33.3. The van der Waals surface area contributed by atoms with Gasteiger partial charge in [0, 0.05) is 26.6 Å². The first-order chi connectivity index (χ1) is 22.3. The minimum atomic E-state index is -0.777. The number of halogens is 1. The molecule has 0 saturated carbocycles. The molecule has 5 atom stereocenters. The molecule has 2 heterocycles. The van der Waals surface area contributed by atoms with Crippen LogP contribution in [-0.4, -0.2) is 76.4 Å². The first-order valence-corrected chi connectivity index (χ1v) is 17.0. The molecule has 9 nitrogen and oxygen atoms in total. The highest BCUT2D eigenvalue weighted by Gasteiger charge is 2.40. The first-order valence-electron chi connectivity index (χ1n) is 16.1. The summed E-state index contributed by atoms with van der Waals surface area (Å²) in [6, 6.07) is 15.0. The van der Waals surface area contributed by atoms with Crippen molar-refractivity contribution in [3.63, 3.8) is 0 Å². The van der Waals surface area contributed by atoms with Crippen LogP contribution in [0, 0.1) is 11.8 Å². The summed E-state index contributed by atoms with van der Waals surface area (Å²) in [7, 11) is 1.58. The fraction of sp³-hybridized carbons (Fsp3) is 0.417. The largest absolute Gasteiger partial charge is 0.357 e. The van der Waals surface area contributed by atoms with Crippen molar-refractivity contribution in [2.75, 3.05) is 20.1 Å². The van der Waals surface area contributed by atoms with Gasteiger partial charge in [-0.05, 0) is 61.6 Å². The Kier molecular flexibility index (Phi) is 11.2. The second kappa shape index (κ2) is 15.5. The lowest BCUT2D eigenvalue weighted by Gasteiger charge is -2.32. The fourth-order valence-electron chi connectivity index (χ4n) is 6.68. The van der Waals surface area contributed by atoms with Crippen LogP contribution >= 0.6 is 15.9 Å². The highest BCUT2D eigenvalue weighted by molar-refractivity contribution is 9.10. The number of allylic oxidation sites excluding steroid dienone is 4. The minimum absolute atomic E-state index is 0.149. The van der Waals surface area contributed by atoms with Gasteiger partial charge in [0.25, 0.3) is 11.8 Å². The Morgan fingerprint density at radius 3 is 2.28 bits per heavy atom. The average molecular weight is 690 g/mol. The number of hydrogen-bond donors (Lipinski definition) is 2. The van der Waals surface area contributed by atoms with Crippen LogP contribution in [0.4, 0.5) is 0 Å². The molecule has 5 rings (SSSR count). The molecule has 2 aliphatic heterocycles. The number of carbonyl (C=O) groups excluding carboxylic acids is 5. The third-order valence-corrected chi connectivity index (χ3v) is 10.1. The quantitative estimate of drug-likeness (QED) is 0.195. The SMILES string of the molecule is CNC(=O)[C@H](Cc1ccccc1)N1CC[C@@H](C2C=CC=CC2)C[C@H](NC(=O)C(Br)CCCCN2C(=O)c3ccccc3C2=O)C1=O. The number of likely N-dealkylation sites (N-methyl/N-ethyl adjacent to an activating group) is 1. The number of imide groups is 1. The van der Waals surface area contributed by atoms with E-state index in [0.717, 1.165) is 18.4 Å². The molecule has 2 unspecified atom stereocenters. The normalized spacial score (nSPS) is 22.3. The summed E-state index contributed by atoms with van der Waals surface area (Å²) in [6.07, 6.45) is 12.4. The zero-order valence-corrected chi connectivity index (χ0v) is 27.7. The molecule has 0 spiro atoms. The summed E-state index contributed by atoms with van der Waals surface area (Å²) < 4.78 is 0. The Balaban J connectivity index is 1.23. The predicted octanol–water partition coefficient (Wildman–Crippen LogP) is 4.43. The van der Waals surface area contributed by atoms with Crippen LogP contribution in [-0.2, 0) is 20.8 Å². The van der Waals surface area contributed by atoms with Gasteiger partial charge in [0.1, 0.15) is 12.1 Å². The van der Waals surface area contributed by atoms with E-state index in [1.54, 1.807) is 36.2 Å². The molecule has 1 aliphatic carbocycles. The number of carbonyl (C=O) groups is 5. The monoisotopic (exact) mass is 688 g/mol. The Morgan fingerprint density at radius 1 is 0.935 bits per heavy atom. The van der Waals surface area contributed by atoms with Gasteiger partial charge < -0.3 is 15.5 Å². The van der Waals surface area contributed by atoms with Crippen molar-refractivity contribution in [2.24, 2.45) is 11.8 Å². The zero-order valence-electron chi connectivity index (χ0n) is 26.1. The summed E-state index contributed by atoms with van der Waals surface area (Å²) in [6.45, 7) is 0.696. The third kappa shape index (κ3) is 7.66. The van der Waals surface area contributed by atoms with Gasteiger partial charge >= 0.3 is 0 Å². The second-order valence-electron chi connectivity index (χ2n) is 12.2. The van der Waals surface area contributed by atoms with Crippen LogP contribution in [0.25, 0.3) is 0 Å². The van der Waals surface area contributed by atoms with E-state index in [-0.39, 0.29) is 47.9 Å². The standard InChI is InChI=1S/C36H41BrN4O5/c1-38-33(43)31(22-24-12-4-2-5-13-24)40-21-19-26(25-14-6-3-7-15-25)23-30(36(40)46)39-32(42)29(37)18-10-11-20-41-34(44)27-16-8-9-17-28(27)35(41)45/h2-9,12-14,16-17,25-26,29-31H,10-11,15,18-23H2,1H3,(H,38,43)(H,39,42)/t25?,26-,29?,30+,31+/m1/s1. The van der Waals surface area contributed by atoms with Crippen molar-refractivity contribution in [2.45, 2.75) is 61.9 Å². The van der Waals surface area contributed by atoms with Gasteiger partial charge in [0.05, 0.1) is 16.0 Å². The maximum atomic E-state index is 14.2. The van der Waals surface area contributed by atoms with Crippen LogP contribution in [0.2, 0.25) is 0 Å². The number of nitrogens with one attached hydrogen (secondary N) is 2. The van der Waals surface area contributed by atoms with E-state index in [0.29, 0.717) is 49.8 Å². The number of amides is 5. The summed E-state index contributed by atoms with van der Waals surface area (Å²) in [5, 5.41) is 5.76. The van der Waals surface area contributed by atoms with Crippen molar-refractivity contribution in [3.8, 4) is 0 Å². The van der Waals surface area contributed by atoms with Gasteiger partial charge in [-0.25, -0.2) is 0 Å². The number of fused-ring (bicyclic) bond motifs is 1. The predicted molar refractivity (Wildman–Crippen MR) is 179 cm³/mol. The summed E-state index contributed by atoms with van der Waals surface area (Å²) in [5.41, 5.74) is 1.80. The van der Waals surface area contributed by atoms with E-state index in [1.807, 2.05) is 42.5 Å².